The summed E-state index contributed by atoms with van der Waals surface area (Å²) in [4.78, 5) is 0. The van der Waals surface area contributed by atoms with Crippen molar-refractivity contribution in [2.24, 2.45) is 0 Å². The predicted molar refractivity (Wildman–Crippen MR) is 95.7 cm³/mol. The normalized spacial score (nSPS) is 12.4. The largest absolute Gasteiger partial charge is 0.310 e. The van der Waals surface area contributed by atoms with Crippen LogP contribution in [-0.4, -0.2) is 6.54 Å². The highest BCUT2D eigenvalue weighted by molar-refractivity contribution is 14.1. The molecule has 112 valence electrons. The van der Waals surface area contributed by atoms with Gasteiger partial charge in [0.1, 0.15) is 5.82 Å². The highest BCUT2D eigenvalue weighted by Crippen LogP contribution is 2.28. The van der Waals surface area contributed by atoms with Crippen molar-refractivity contribution in [1.82, 2.24) is 5.32 Å². The third kappa shape index (κ3) is 4.55. The molecule has 1 unspecified atom stereocenters. The van der Waals surface area contributed by atoms with E-state index in [1.807, 2.05) is 18.2 Å². The van der Waals surface area contributed by atoms with Gasteiger partial charge in [0.25, 0.3) is 0 Å². The van der Waals surface area contributed by atoms with Crippen LogP contribution in [0.5, 0.6) is 0 Å². The molecule has 2 rings (SSSR count). The zero-order valence-electron chi connectivity index (χ0n) is 11.5. The Morgan fingerprint density at radius 3 is 2.52 bits per heavy atom. The van der Waals surface area contributed by atoms with Gasteiger partial charge >= 0.3 is 0 Å². The summed E-state index contributed by atoms with van der Waals surface area (Å²) in [5, 5.41) is 4.54. The van der Waals surface area contributed by atoms with E-state index < -0.39 is 0 Å². The molecule has 0 saturated heterocycles. The monoisotopic (exact) mass is 437 g/mol. The lowest BCUT2D eigenvalue weighted by Crippen LogP contribution is -2.23. The quantitative estimate of drug-likeness (QED) is 0.597. The van der Waals surface area contributed by atoms with Gasteiger partial charge in [-0.25, -0.2) is 4.39 Å². The first-order valence-electron chi connectivity index (χ1n) is 6.63. The first kappa shape index (κ1) is 17.0. The zero-order chi connectivity index (χ0) is 15.4. The summed E-state index contributed by atoms with van der Waals surface area (Å²) >= 11 is 14.2. The van der Waals surface area contributed by atoms with Crippen LogP contribution < -0.4 is 5.32 Å². The number of benzene rings is 2. The lowest BCUT2D eigenvalue weighted by Gasteiger charge is -2.20. The highest BCUT2D eigenvalue weighted by Gasteiger charge is 2.15. The number of hydrogen-bond acceptors (Lipinski definition) is 1. The van der Waals surface area contributed by atoms with Crippen molar-refractivity contribution in [3.63, 3.8) is 0 Å². The van der Waals surface area contributed by atoms with Crippen molar-refractivity contribution in [3.8, 4) is 0 Å². The Balaban J connectivity index is 2.28. The molecule has 0 bridgehead atoms. The molecule has 5 heteroatoms. The summed E-state index contributed by atoms with van der Waals surface area (Å²) in [6, 6.07) is 10.6. The minimum absolute atomic E-state index is 0.111. The summed E-state index contributed by atoms with van der Waals surface area (Å²) in [6.45, 7) is 2.89. The summed E-state index contributed by atoms with van der Waals surface area (Å²) in [5.41, 5.74) is 2.18. The van der Waals surface area contributed by atoms with E-state index in [1.54, 1.807) is 12.1 Å². The Morgan fingerprint density at radius 2 is 1.90 bits per heavy atom. The van der Waals surface area contributed by atoms with Crippen LogP contribution in [0.2, 0.25) is 10.0 Å². The molecule has 0 spiro atoms. The average Bonchev–Trinajstić information content (AvgIpc) is 2.42. The van der Waals surface area contributed by atoms with Crippen molar-refractivity contribution >= 4 is 45.8 Å². The molecular formula is C16H15Cl2FIN. The lowest BCUT2D eigenvalue weighted by atomic mass is 9.99. The summed E-state index contributed by atoms with van der Waals surface area (Å²) < 4.78 is 14.2. The minimum Gasteiger partial charge on any atom is -0.310 e. The van der Waals surface area contributed by atoms with Gasteiger partial charge in [0.2, 0.25) is 0 Å². The predicted octanol–water partition coefficient (Wildman–Crippen LogP) is 5.63. The van der Waals surface area contributed by atoms with Gasteiger partial charge < -0.3 is 5.32 Å². The van der Waals surface area contributed by atoms with Crippen LogP contribution in [0.25, 0.3) is 0 Å². The van der Waals surface area contributed by atoms with Crippen molar-refractivity contribution in [2.45, 2.75) is 19.4 Å². The maximum Gasteiger partial charge on any atom is 0.124 e. The summed E-state index contributed by atoms with van der Waals surface area (Å²) in [6.07, 6.45) is 0.770. The molecule has 1 nitrogen and oxygen atoms in total. The maximum absolute atomic E-state index is 13.3. The molecule has 21 heavy (non-hydrogen) atoms. The van der Waals surface area contributed by atoms with Crippen molar-refractivity contribution in [2.75, 3.05) is 6.54 Å². The average molecular weight is 438 g/mol. The molecule has 0 fully saturated rings. The molecule has 0 heterocycles. The molecule has 0 amide bonds. The standard InChI is InChI=1S/C16H15Cl2FIN/c1-2-21-16(12-5-4-11(19)9-15(12)20)8-10-3-6-13(17)14(18)7-10/h3-7,9,16,21H,2,8H2,1H3. The first-order chi connectivity index (χ1) is 10.0. The Bertz CT molecular complexity index is 634. The molecule has 0 saturated carbocycles. The van der Waals surface area contributed by atoms with Crippen molar-refractivity contribution < 1.29 is 4.39 Å². The summed E-state index contributed by atoms with van der Waals surface area (Å²) in [7, 11) is 0. The van der Waals surface area contributed by atoms with Gasteiger partial charge in [-0.2, -0.15) is 0 Å². The van der Waals surface area contributed by atoms with E-state index in [1.165, 1.54) is 6.07 Å². The fourth-order valence-electron chi connectivity index (χ4n) is 2.22. The number of nitrogens with one attached hydrogen (secondary N) is 1. The smallest absolute Gasteiger partial charge is 0.124 e. The second kappa shape index (κ2) is 7.77. The van der Waals surface area contributed by atoms with Gasteiger partial charge in [0.05, 0.1) is 10.0 Å². The minimum atomic E-state index is -0.215. The number of hydrogen-bond donors (Lipinski definition) is 1. The fraction of sp³-hybridized carbons (Fsp3) is 0.250. The molecular weight excluding hydrogens is 423 g/mol. The van der Waals surface area contributed by atoms with Gasteiger partial charge in [-0.15, -0.1) is 0 Å². The third-order valence-electron chi connectivity index (χ3n) is 3.21. The molecule has 0 aliphatic carbocycles. The molecule has 1 N–H and O–H groups in total. The van der Waals surface area contributed by atoms with E-state index in [4.69, 9.17) is 23.2 Å². The number of halogens is 4. The van der Waals surface area contributed by atoms with E-state index >= 15 is 0 Å². The van der Waals surface area contributed by atoms with Crippen molar-refractivity contribution in [3.05, 3.63) is 67.0 Å². The zero-order valence-corrected chi connectivity index (χ0v) is 15.1. The second-order valence-corrected chi connectivity index (χ2v) is 6.71. The van der Waals surface area contributed by atoms with Gasteiger partial charge in [-0.1, -0.05) is 42.3 Å². The Labute approximate surface area is 148 Å². The molecule has 0 aliphatic rings. The van der Waals surface area contributed by atoms with Gasteiger partial charge in [-0.3, -0.25) is 0 Å². The van der Waals surface area contributed by atoms with E-state index in [9.17, 15) is 4.39 Å². The topological polar surface area (TPSA) is 12.0 Å². The van der Waals surface area contributed by atoms with Gasteiger partial charge in [0.15, 0.2) is 0 Å². The molecule has 0 aromatic heterocycles. The highest BCUT2D eigenvalue weighted by atomic mass is 127. The molecule has 0 aliphatic heterocycles. The van der Waals surface area contributed by atoms with Crippen LogP contribution in [0, 0.1) is 9.39 Å². The fourth-order valence-corrected chi connectivity index (χ4v) is 3.40. The van der Waals surface area contributed by atoms with Crippen LogP contribution in [0.3, 0.4) is 0 Å². The SMILES string of the molecule is CCNC(Cc1ccc(Cl)c(Cl)c1)c1ccc(F)cc1I. The number of likely N-dealkylation sites (N-methyl/N-ethyl adjacent to an activating group) is 1. The van der Waals surface area contributed by atoms with E-state index in [-0.39, 0.29) is 11.9 Å². The van der Waals surface area contributed by atoms with Crippen LogP contribution in [-0.2, 0) is 6.42 Å². The molecule has 2 aromatic rings. The summed E-state index contributed by atoms with van der Waals surface area (Å²) in [5.74, 6) is -0.215. The number of rotatable bonds is 5. The van der Waals surface area contributed by atoms with Gasteiger partial charge in [-0.05, 0) is 70.9 Å². The lowest BCUT2D eigenvalue weighted by molar-refractivity contribution is 0.545. The van der Waals surface area contributed by atoms with Crippen LogP contribution in [0.1, 0.15) is 24.1 Å². The molecule has 2 aromatic carbocycles. The van der Waals surface area contributed by atoms with Crippen molar-refractivity contribution in [1.29, 1.82) is 0 Å². The van der Waals surface area contributed by atoms with Crippen LogP contribution in [0.4, 0.5) is 4.39 Å². The van der Waals surface area contributed by atoms with Crippen LogP contribution >= 0.6 is 45.8 Å². The Kier molecular flexibility index (Phi) is 6.29. The Hall–Kier alpha value is -0.360. The van der Waals surface area contributed by atoms with Gasteiger partial charge in [0, 0.05) is 9.61 Å². The molecule has 1 atom stereocenters. The van der Waals surface area contributed by atoms with E-state index in [0.717, 1.165) is 27.7 Å². The maximum atomic E-state index is 13.3. The Morgan fingerprint density at radius 1 is 1.14 bits per heavy atom. The van der Waals surface area contributed by atoms with E-state index in [0.29, 0.717) is 10.0 Å². The first-order valence-corrected chi connectivity index (χ1v) is 8.47. The molecule has 0 radical (unpaired) electrons. The van der Waals surface area contributed by atoms with E-state index in [2.05, 4.69) is 34.8 Å². The third-order valence-corrected chi connectivity index (χ3v) is 4.89. The second-order valence-electron chi connectivity index (χ2n) is 4.73. The van der Waals surface area contributed by atoms with Crippen LogP contribution in [0.15, 0.2) is 36.4 Å².